The Labute approximate surface area is 143 Å². The first-order chi connectivity index (χ1) is 11.7. The number of rotatable bonds is 5. The molecule has 0 fully saturated rings. The van der Waals surface area contributed by atoms with Gasteiger partial charge in [0.2, 0.25) is 0 Å². The van der Waals surface area contributed by atoms with E-state index in [1.165, 1.54) is 11.3 Å². The number of carbonyl (C=O) groups is 1. The van der Waals surface area contributed by atoms with Crippen LogP contribution in [0.4, 0.5) is 16.5 Å². The minimum Gasteiger partial charge on any atom is -0.402 e. The van der Waals surface area contributed by atoms with Crippen molar-refractivity contribution in [1.82, 2.24) is 15.2 Å². The summed E-state index contributed by atoms with van der Waals surface area (Å²) in [5, 5.41) is 14.1. The summed E-state index contributed by atoms with van der Waals surface area (Å²) in [6.45, 7) is 4.03. The molecule has 0 saturated carbocycles. The molecule has 0 aliphatic rings. The lowest BCUT2D eigenvalue weighted by Crippen LogP contribution is -2.19. The molecular weight excluding hydrogens is 326 g/mol. The molecule has 7 nitrogen and oxygen atoms in total. The maximum Gasteiger partial charge on any atom is 0.327 e. The van der Waals surface area contributed by atoms with E-state index in [1.807, 2.05) is 25.1 Å². The third-order valence-electron chi connectivity index (χ3n) is 3.16. The van der Waals surface area contributed by atoms with Gasteiger partial charge in [-0.15, -0.1) is 16.4 Å². The number of hydrogen-bond acceptors (Lipinski definition) is 6. The summed E-state index contributed by atoms with van der Waals surface area (Å²) in [4.78, 5) is 17.3. The highest BCUT2D eigenvalue weighted by molar-refractivity contribution is 7.15. The van der Waals surface area contributed by atoms with Crippen molar-refractivity contribution in [3.63, 3.8) is 0 Å². The van der Waals surface area contributed by atoms with Crippen LogP contribution in [0.2, 0.25) is 0 Å². The van der Waals surface area contributed by atoms with Crippen molar-refractivity contribution >= 4 is 29.1 Å². The Kier molecular flexibility index (Phi) is 4.85. The summed E-state index contributed by atoms with van der Waals surface area (Å²) in [5.74, 6) is 0.374. The van der Waals surface area contributed by atoms with Crippen molar-refractivity contribution in [3.05, 3.63) is 41.0 Å². The van der Waals surface area contributed by atoms with Gasteiger partial charge >= 0.3 is 12.0 Å². The summed E-state index contributed by atoms with van der Waals surface area (Å²) in [5.41, 5.74) is 1.63. The summed E-state index contributed by atoms with van der Waals surface area (Å²) in [7, 11) is 0. The zero-order valence-electron chi connectivity index (χ0n) is 13.4. The van der Waals surface area contributed by atoms with E-state index in [9.17, 15) is 4.79 Å². The molecular formula is C16H17N5O2S. The van der Waals surface area contributed by atoms with Crippen LogP contribution in [0.3, 0.4) is 0 Å². The summed E-state index contributed by atoms with van der Waals surface area (Å²) < 4.78 is 5.55. The second-order valence-corrected chi connectivity index (χ2v) is 6.32. The van der Waals surface area contributed by atoms with Crippen LogP contribution >= 0.6 is 11.3 Å². The molecule has 1 aromatic carbocycles. The number of benzene rings is 1. The molecule has 0 aliphatic carbocycles. The van der Waals surface area contributed by atoms with E-state index in [4.69, 9.17) is 4.42 Å². The highest BCUT2D eigenvalue weighted by atomic mass is 32.1. The Hall–Kier alpha value is -2.74. The second-order valence-electron chi connectivity index (χ2n) is 5.12. The van der Waals surface area contributed by atoms with Crippen LogP contribution in [0, 0.1) is 6.92 Å². The highest BCUT2D eigenvalue weighted by Gasteiger charge is 2.17. The van der Waals surface area contributed by atoms with Crippen molar-refractivity contribution in [2.45, 2.75) is 26.7 Å². The maximum atomic E-state index is 11.9. The number of carbonyl (C=O) groups excluding carboxylic acids is 1. The standard InChI is InChI=1S/C16H17N5O2S/c1-3-7-12-13(24-10(2)17-12)14-20-21-16(23-14)19-15(22)18-11-8-5-4-6-9-11/h4-6,8-9H,3,7H2,1-2H3,(H2,18,19,21,22). The van der Waals surface area contributed by atoms with E-state index in [0.29, 0.717) is 11.6 Å². The lowest BCUT2D eigenvalue weighted by atomic mass is 10.2. The Balaban J connectivity index is 1.70. The van der Waals surface area contributed by atoms with Gasteiger partial charge in [-0.05, 0) is 25.5 Å². The Morgan fingerprint density at radius 2 is 2.00 bits per heavy atom. The number of nitrogens with zero attached hydrogens (tertiary/aromatic N) is 3. The van der Waals surface area contributed by atoms with Gasteiger partial charge < -0.3 is 9.73 Å². The number of aryl methyl sites for hydroxylation is 2. The molecule has 124 valence electrons. The molecule has 3 aromatic rings. The predicted molar refractivity (Wildman–Crippen MR) is 93.2 cm³/mol. The third kappa shape index (κ3) is 3.77. The van der Waals surface area contributed by atoms with Gasteiger partial charge in [0.1, 0.15) is 4.88 Å². The van der Waals surface area contributed by atoms with Gasteiger partial charge in [0, 0.05) is 5.69 Å². The fraction of sp³-hybridized carbons (Fsp3) is 0.250. The predicted octanol–water partition coefficient (Wildman–Crippen LogP) is 4.10. The van der Waals surface area contributed by atoms with E-state index in [0.717, 1.165) is 28.4 Å². The number of urea groups is 1. The molecule has 2 heterocycles. The van der Waals surface area contributed by atoms with E-state index >= 15 is 0 Å². The SMILES string of the molecule is CCCc1nc(C)sc1-c1nnc(NC(=O)Nc2ccccc2)o1. The molecule has 8 heteroatoms. The first-order valence-electron chi connectivity index (χ1n) is 7.59. The molecule has 0 aliphatic heterocycles. The number of aromatic nitrogens is 3. The molecule has 2 aromatic heterocycles. The summed E-state index contributed by atoms with van der Waals surface area (Å²) >= 11 is 1.51. The Morgan fingerprint density at radius 1 is 1.21 bits per heavy atom. The van der Waals surface area contributed by atoms with Gasteiger partial charge in [0.25, 0.3) is 5.89 Å². The topological polar surface area (TPSA) is 92.9 Å². The van der Waals surface area contributed by atoms with Gasteiger partial charge in [-0.3, -0.25) is 5.32 Å². The normalized spacial score (nSPS) is 10.6. The zero-order valence-corrected chi connectivity index (χ0v) is 14.2. The van der Waals surface area contributed by atoms with Gasteiger partial charge in [-0.1, -0.05) is 36.6 Å². The fourth-order valence-corrected chi connectivity index (χ4v) is 3.08. The number of amides is 2. The number of nitrogens with one attached hydrogen (secondary N) is 2. The van der Waals surface area contributed by atoms with E-state index in [1.54, 1.807) is 12.1 Å². The van der Waals surface area contributed by atoms with Gasteiger partial charge in [0.05, 0.1) is 10.7 Å². The molecule has 24 heavy (non-hydrogen) atoms. The number of thiazole rings is 1. The molecule has 0 radical (unpaired) electrons. The Morgan fingerprint density at radius 3 is 2.75 bits per heavy atom. The number of hydrogen-bond donors (Lipinski definition) is 2. The fourth-order valence-electron chi connectivity index (χ4n) is 2.19. The molecule has 3 rings (SSSR count). The smallest absolute Gasteiger partial charge is 0.327 e. The van der Waals surface area contributed by atoms with Gasteiger partial charge in [-0.25, -0.2) is 9.78 Å². The van der Waals surface area contributed by atoms with Crippen LogP contribution in [0.1, 0.15) is 24.0 Å². The third-order valence-corrected chi connectivity index (χ3v) is 4.16. The molecule has 2 N–H and O–H groups in total. The van der Waals surface area contributed by atoms with E-state index in [-0.39, 0.29) is 6.01 Å². The second kappa shape index (κ2) is 7.22. The van der Waals surface area contributed by atoms with Crippen LogP contribution in [0.15, 0.2) is 34.7 Å². The number of anilines is 2. The molecule has 0 saturated heterocycles. The lowest BCUT2D eigenvalue weighted by Gasteiger charge is -2.03. The van der Waals surface area contributed by atoms with Crippen molar-refractivity contribution in [2.75, 3.05) is 10.6 Å². The summed E-state index contributed by atoms with van der Waals surface area (Å²) in [6.07, 6.45) is 1.83. The average molecular weight is 343 g/mol. The Bertz CT molecular complexity index is 828. The van der Waals surface area contributed by atoms with Crippen molar-refractivity contribution in [3.8, 4) is 10.8 Å². The van der Waals surface area contributed by atoms with Crippen LogP contribution in [-0.2, 0) is 6.42 Å². The minimum absolute atomic E-state index is 0.0481. The molecule has 0 atom stereocenters. The molecule has 0 bridgehead atoms. The van der Waals surface area contributed by atoms with Crippen molar-refractivity contribution < 1.29 is 9.21 Å². The largest absolute Gasteiger partial charge is 0.402 e. The van der Waals surface area contributed by atoms with Crippen molar-refractivity contribution in [1.29, 1.82) is 0 Å². The van der Waals surface area contributed by atoms with Crippen LogP contribution in [0.25, 0.3) is 10.8 Å². The summed E-state index contributed by atoms with van der Waals surface area (Å²) in [6, 6.07) is 8.73. The lowest BCUT2D eigenvalue weighted by molar-refractivity contribution is 0.261. The first kappa shape index (κ1) is 16.1. The first-order valence-corrected chi connectivity index (χ1v) is 8.40. The molecule has 0 unspecified atom stereocenters. The zero-order chi connectivity index (χ0) is 16.9. The van der Waals surface area contributed by atoms with Crippen LogP contribution in [-0.4, -0.2) is 21.2 Å². The van der Waals surface area contributed by atoms with E-state index < -0.39 is 6.03 Å². The molecule has 2 amide bonds. The maximum absolute atomic E-state index is 11.9. The molecule has 0 spiro atoms. The minimum atomic E-state index is -0.439. The van der Waals surface area contributed by atoms with E-state index in [2.05, 4.69) is 32.7 Å². The van der Waals surface area contributed by atoms with Gasteiger partial charge in [-0.2, -0.15) is 0 Å². The number of para-hydroxylation sites is 1. The van der Waals surface area contributed by atoms with Crippen LogP contribution in [0.5, 0.6) is 0 Å². The van der Waals surface area contributed by atoms with Crippen molar-refractivity contribution in [2.24, 2.45) is 0 Å². The average Bonchev–Trinajstić information content (AvgIpc) is 3.15. The van der Waals surface area contributed by atoms with Crippen LogP contribution < -0.4 is 10.6 Å². The monoisotopic (exact) mass is 343 g/mol. The quantitative estimate of drug-likeness (QED) is 0.727. The highest BCUT2D eigenvalue weighted by Crippen LogP contribution is 2.30. The van der Waals surface area contributed by atoms with Gasteiger partial charge in [0.15, 0.2) is 0 Å².